The first kappa shape index (κ1) is 16.9. The zero-order chi connectivity index (χ0) is 19.0. The molecule has 0 saturated heterocycles. The van der Waals surface area contributed by atoms with Gasteiger partial charge in [-0.05, 0) is 35.4 Å². The van der Waals surface area contributed by atoms with Crippen molar-refractivity contribution in [2.45, 2.75) is 0 Å². The summed E-state index contributed by atoms with van der Waals surface area (Å²) in [6.07, 6.45) is 1.73. The van der Waals surface area contributed by atoms with Gasteiger partial charge in [-0.1, -0.05) is 30.3 Å². The smallest absolute Gasteiger partial charge is 0.270 e. The number of thiophene rings is 1. The Hall–Kier alpha value is -3.58. The number of non-ortho nitro benzene ring substituents is 1. The molecule has 2 heterocycles. The van der Waals surface area contributed by atoms with E-state index in [0.29, 0.717) is 16.7 Å². The lowest BCUT2D eigenvalue weighted by atomic mass is 9.94. The number of carbonyl (C=O) groups is 2. The number of hydrogen-bond acceptors (Lipinski definition) is 5. The van der Waals surface area contributed by atoms with Crippen LogP contribution in [0.15, 0.2) is 60.7 Å². The second-order valence-electron chi connectivity index (χ2n) is 5.90. The van der Waals surface area contributed by atoms with Crippen molar-refractivity contribution < 1.29 is 14.5 Å². The molecule has 1 aromatic heterocycles. The molecule has 2 amide bonds. The minimum Gasteiger partial charge on any atom is -0.288 e. The van der Waals surface area contributed by atoms with E-state index in [1.807, 2.05) is 12.1 Å². The fraction of sp³-hybridized carbons (Fsp3) is 0. The van der Waals surface area contributed by atoms with Crippen LogP contribution in [0.1, 0.15) is 20.8 Å². The lowest BCUT2D eigenvalue weighted by Gasteiger charge is -2.17. The molecule has 6 nitrogen and oxygen atoms in total. The first-order chi connectivity index (χ1) is 13.0. The molecule has 0 spiro atoms. The van der Waals surface area contributed by atoms with Crippen molar-refractivity contribution in [3.8, 4) is 10.4 Å². The third-order valence-electron chi connectivity index (χ3n) is 4.19. The van der Waals surface area contributed by atoms with Gasteiger partial charge in [0.25, 0.3) is 17.5 Å². The molecule has 1 aliphatic heterocycles. The van der Waals surface area contributed by atoms with Crippen molar-refractivity contribution in [2.24, 2.45) is 0 Å². The van der Waals surface area contributed by atoms with Gasteiger partial charge >= 0.3 is 0 Å². The number of nitrogens with one attached hydrogen (secondary N) is 1. The Kier molecular flexibility index (Phi) is 4.13. The van der Waals surface area contributed by atoms with E-state index in [2.05, 4.69) is 5.32 Å². The van der Waals surface area contributed by atoms with Crippen molar-refractivity contribution in [1.29, 1.82) is 0 Å². The molecule has 3 aromatic rings. The molecule has 0 saturated carbocycles. The van der Waals surface area contributed by atoms with E-state index in [9.17, 15) is 19.7 Å². The van der Waals surface area contributed by atoms with Crippen LogP contribution in [-0.2, 0) is 4.79 Å². The normalized spacial score (nSPS) is 14.7. The second-order valence-corrected chi connectivity index (χ2v) is 7.01. The van der Waals surface area contributed by atoms with Crippen molar-refractivity contribution in [3.05, 3.63) is 86.8 Å². The Morgan fingerprint density at radius 2 is 1.70 bits per heavy atom. The minimum atomic E-state index is -0.441. The van der Waals surface area contributed by atoms with E-state index in [1.54, 1.807) is 42.5 Å². The Morgan fingerprint density at radius 1 is 0.926 bits per heavy atom. The zero-order valence-corrected chi connectivity index (χ0v) is 14.7. The van der Waals surface area contributed by atoms with Gasteiger partial charge in [0, 0.05) is 33.0 Å². The largest absolute Gasteiger partial charge is 0.288 e. The summed E-state index contributed by atoms with van der Waals surface area (Å²) < 4.78 is 0. The Morgan fingerprint density at radius 3 is 2.48 bits per heavy atom. The SMILES string of the molecule is O=C1NC(=O)c2ccccc2C1=Cc1ccc(-c2cccc([N+](=O)[O-])c2)s1. The molecule has 1 aliphatic rings. The van der Waals surface area contributed by atoms with Gasteiger partial charge in [-0.2, -0.15) is 0 Å². The molecule has 0 unspecified atom stereocenters. The van der Waals surface area contributed by atoms with Crippen LogP contribution in [0.4, 0.5) is 5.69 Å². The third-order valence-corrected chi connectivity index (χ3v) is 5.27. The van der Waals surface area contributed by atoms with E-state index in [1.165, 1.54) is 23.5 Å². The number of carbonyl (C=O) groups excluding carboxylic acids is 2. The predicted molar refractivity (Wildman–Crippen MR) is 103 cm³/mol. The molecular weight excluding hydrogens is 364 g/mol. The van der Waals surface area contributed by atoms with Gasteiger partial charge < -0.3 is 0 Å². The summed E-state index contributed by atoms with van der Waals surface area (Å²) in [5.41, 5.74) is 2.23. The molecule has 0 radical (unpaired) electrons. The maximum Gasteiger partial charge on any atom is 0.270 e. The predicted octanol–water partition coefficient (Wildman–Crippen LogP) is 4.13. The summed E-state index contributed by atoms with van der Waals surface area (Å²) in [5.74, 6) is -0.847. The highest BCUT2D eigenvalue weighted by Gasteiger charge is 2.26. The van der Waals surface area contributed by atoms with E-state index < -0.39 is 16.7 Å². The highest BCUT2D eigenvalue weighted by molar-refractivity contribution is 7.16. The van der Waals surface area contributed by atoms with Crippen LogP contribution in [0.5, 0.6) is 0 Å². The molecule has 132 valence electrons. The number of imide groups is 1. The fourth-order valence-electron chi connectivity index (χ4n) is 2.92. The Bertz CT molecular complexity index is 1130. The van der Waals surface area contributed by atoms with E-state index >= 15 is 0 Å². The van der Waals surface area contributed by atoms with Gasteiger partial charge in [0.05, 0.1) is 4.92 Å². The van der Waals surface area contributed by atoms with Crippen LogP contribution in [-0.4, -0.2) is 16.7 Å². The second kappa shape index (κ2) is 6.62. The molecule has 0 atom stereocenters. The summed E-state index contributed by atoms with van der Waals surface area (Å²) in [4.78, 5) is 36.4. The van der Waals surface area contributed by atoms with Crippen molar-refractivity contribution in [3.63, 3.8) is 0 Å². The van der Waals surface area contributed by atoms with Crippen LogP contribution in [0, 0.1) is 10.1 Å². The van der Waals surface area contributed by atoms with Gasteiger partial charge in [0.15, 0.2) is 0 Å². The van der Waals surface area contributed by atoms with Crippen molar-refractivity contribution in [1.82, 2.24) is 5.32 Å². The van der Waals surface area contributed by atoms with Crippen LogP contribution in [0.3, 0.4) is 0 Å². The number of rotatable bonds is 3. The number of nitro groups is 1. The quantitative estimate of drug-likeness (QED) is 0.322. The third kappa shape index (κ3) is 3.16. The number of nitrogens with zero attached hydrogens (tertiary/aromatic N) is 1. The van der Waals surface area contributed by atoms with Gasteiger partial charge in [-0.25, -0.2) is 0 Å². The number of amides is 2. The molecule has 27 heavy (non-hydrogen) atoms. The molecule has 0 bridgehead atoms. The van der Waals surface area contributed by atoms with Gasteiger partial charge in [-0.15, -0.1) is 11.3 Å². The molecule has 0 aliphatic carbocycles. The summed E-state index contributed by atoms with van der Waals surface area (Å²) >= 11 is 1.41. The first-order valence-corrected chi connectivity index (χ1v) is 8.86. The number of fused-ring (bicyclic) bond motifs is 1. The van der Waals surface area contributed by atoms with Crippen molar-refractivity contribution >= 4 is 40.5 Å². The number of nitro benzene ring substituents is 1. The van der Waals surface area contributed by atoms with Gasteiger partial charge in [-0.3, -0.25) is 25.0 Å². The van der Waals surface area contributed by atoms with Crippen molar-refractivity contribution in [2.75, 3.05) is 0 Å². The van der Waals surface area contributed by atoms with Crippen LogP contribution >= 0.6 is 11.3 Å². The lowest BCUT2D eigenvalue weighted by molar-refractivity contribution is -0.384. The summed E-state index contributed by atoms with van der Waals surface area (Å²) in [6, 6.07) is 17.1. The van der Waals surface area contributed by atoms with E-state index in [4.69, 9.17) is 0 Å². The summed E-state index contributed by atoms with van der Waals surface area (Å²) in [5, 5.41) is 13.3. The highest BCUT2D eigenvalue weighted by Crippen LogP contribution is 2.33. The number of hydrogen-bond donors (Lipinski definition) is 1. The summed E-state index contributed by atoms with van der Waals surface area (Å²) in [6.45, 7) is 0. The Balaban J connectivity index is 1.73. The zero-order valence-electron chi connectivity index (χ0n) is 13.8. The minimum absolute atomic E-state index is 0.0277. The maximum atomic E-state index is 12.3. The first-order valence-electron chi connectivity index (χ1n) is 8.04. The molecule has 0 fully saturated rings. The fourth-order valence-corrected chi connectivity index (χ4v) is 3.87. The van der Waals surface area contributed by atoms with Gasteiger partial charge in [0.1, 0.15) is 0 Å². The standard InChI is InChI=1S/C20H12N2O4S/c23-19-16-7-2-1-6-15(16)17(20(24)21-19)11-14-8-9-18(27-14)12-4-3-5-13(10-12)22(25)26/h1-11H,(H,21,23,24). The van der Waals surface area contributed by atoms with Crippen LogP contribution in [0.2, 0.25) is 0 Å². The molecular formula is C20H12N2O4S. The average molecular weight is 376 g/mol. The molecule has 1 N–H and O–H groups in total. The van der Waals surface area contributed by atoms with E-state index in [-0.39, 0.29) is 5.69 Å². The average Bonchev–Trinajstić information content (AvgIpc) is 3.14. The number of benzene rings is 2. The monoisotopic (exact) mass is 376 g/mol. The highest BCUT2D eigenvalue weighted by atomic mass is 32.1. The lowest BCUT2D eigenvalue weighted by Crippen LogP contribution is -2.36. The molecule has 4 rings (SSSR count). The van der Waals surface area contributed by atoms with Crippen LogP contribution < -0.4 is 5.32 Å². The Labute approximate surface area is 157 Å². The van der Waals surface area contributed by atoms with Gasteiger partial charge in [0.2, 0.25) is 0 Å². The van der Waals surface area contributed by atoms with Crippen LogP contribution in [0.25, 0.3) is 22.1 Å². The summed E-state index contributed by atoms with van der Waals surface area (Å²) in [7, 11) is 0. The maximum absolute atomic E-state index is 12.3. The molecule has 2 aromatic carbocycles. The van der Waals surface area contributed by atoms with E-state index in [0.717, 1.165) is 15.3 Å². The topological polar surface area (TPSA) is 89.3 Å². The molecule has 7 heteroatoms.